The van der Waals surface area contributed by atoms with E-state index < -0.39 is 0 Å². The van der Waals surface area contributed by atoms with Crippen molar-refractivity contribution in [3.63, 3.8) is 0 Å². The molecule has 4 rings (SSSR count). The van der Waals surface area contributed by atoms with Gasteiger partial charge in [-0.1, -0.05) is 6.42 Å². The lowest BCUT2D eigenvalue weighted by molar-refractivity contribution is -0.949. The molecule has 1 N–H and O–H groups in total. The van der Waals surface area contributed by atoms with Crippen molar-refractivity contribution >= 4 is 34.5 Å². The first kappa shape index (κ1) is 25.7. The van der Waals surface area contributed by atoms with Crippen LogP contribution in [0.1, 0.15) is 56.9 Å². The quantitative estimate of drug-likeness (QED) is 0.371. The fourth-order valence-corrected chi connectivity index (χ4v) is 6.82. The smallest absolute Gasteiger partial charge is 0.414 e. The first-order valence-corrected chi connectivity index (χ1v) is 13.5. The summed E-state index contributed by atoms with van der Waals surface area (Å²) < 4.78 is 7.26. The van der Waals surface area contributed by atoms with Gasteiger partial charge in [-0.2, -0.15) is 22.7 Å². The van der Waals surface area contributed by atoms with Crippen LogP contribution < -0.4 is 21.9 Å². The van der Waals surface area contributed by atoms with Crippen LogP contribution in [0.2, 0.25) is 0 Å². The number of nitrogens with zero attached hydrogens (tertiary/aromatic N) is 2. The molecule has 32 heavy (non-hydrogen) atoms. The standard InChI is InChI=1S/C24H35N2O3S2.BrH/c1-26(10-4-2-3-5-11-27)21-6-7-22(26)15-23(14-21)29-24(28)25(20-9-13-31-18-20)16-19-8-12-30-17-19;/h8-9,12-13,17-18,21-23,27H,2-7,10-11,14-16H2,1H3;1H/q+1;/p-1/t21-,22+,23?,26?;. The minimum absolute atomic E-state index is 0. The summed E-state index contributed by atoms with van der Waals surface area (Å²) in [6.07, 6.45) is 8.71. The van der Waals surface area contributed by atoms with Crippen LogP contribution in [0.15, 0.2) is 33.7 Å². The number of carbonyl (C=O) groups excluding carboxylic acids is 1. The minimum Gasteiger partial charge on any atom is -1.00 e. The Morgan fingerprint density at radius 2 is 1.78 bits per heavy atom. The van der Waals surface area contributed by atoms with E-state index in [2.05, 4.69) is 18.5 Å². The highest BCUT2D eigenvalue weighted by Gasteiger charge is 2.52. The Labute approximate surface area is 210 Å². The maximum Gasteiger partial charge on any atom is 0.414 e. The molecule has 2 unspecified atom stereocenters. The van der Waals surface area contributed by atoms with Gasteiger partial charge in [0, 0.05) is 37.7 Å². The van der Waals surface area contributed by atoms with Crippen molar-refractivity contribution in [2.75, 3.05) is 25.1 Å². The van der Waals surface area contributed by atoms with E-state index in [1.807, 2.05) is 22.2 Å². The molecule has 0 aromatic carbocycles. The number of quaternary nitrogens is 1. The summed E-state index contributed by atoms with van der Waals surface area (Å²) in [4.78, 5) is 15.0. The molecule has 1 amide bonds. The number of amides is 1. The van der Waals surface area contributed by atoms with Crippen LogP contribution in [0, 0.1) is 0 Å². The lowest BCUT2D eigenvalue weighted by Crippen LogP contribution is -3.00. The van der Waals surface area contributed by atoms with Crippen LogP contribution in [-0.2, 0) is 11.3 Å². The zero-order valence-electron chi connectivity index (χ0n) is 18.8. The highest BCUT2D eigenvalue weighted by molar-refractivity contribution is 7.08. The number of fused-ring (bicyclic) bond motifs is 2. The number of rotatable bonds is 10. The van der Waals surface area contributed by atoms with Crippen LogP contribution in [0.5, 0.6) is 0 Å². The van der Waals surface area contributed by atoms with Crippen molar-refractivity contribution in [3.8, 4) is 0 Å². The van der Waals surface area contributed by atoms with Crippen molar-refractivity contribution in [1.82, 2.24) is 0 Å². The predicted octanol–water partition coefficient (Wildman–Crippen LogP) is 2.65. The van der Waals surface area contributed by atoms with Crippen LogP contribution in [-0.4, -0.2) is 54.1 Å². The Morgan fingerprint density at radius 3 is 2.41 bits per heavy atom. The number of ether oxygens (including phenoxy) is 1. The SMILES string of the molecule is C[N+]1(CCCCCCO)[C@@H]2CC[C@H]1CC(OC(=O)N(Cc1ccsc1)c1ccsc1)C2.[Br-]. The number of anilines is 1. The molecule has 178 valence electrons. The van der Waals surface area contributed by atoms with Crippen molar-refractivity contribution in [1.29, 1.82) is 0 Å². The van der Waals surface area contributed by atoms with E-state index in [0.29, 0.717) is 25.2 Å². The Balaban J connectivity index is 0.00000289. The molecule has 5 nitrogen and oxygen atoms in total. The number of halogens is 1. The molecule has 4 atom stereocenters. The molecule has 2 aliphatic heterocycles. The summed E-state index contributed by atoms with van der Waals surface area (Å²) in [7, 11) is 2.42. The molecule has 2 bridgehead atoms. The zero-order chi connectivity index (χ0) is 21.7. The number of thiophene rings is 2. The van der Waals surface area contributed by atoms with E-state index in [4.69, 9.17) is 9.84 Å². The molecule has 2 aliphatic rings. The fraction of sp³-hybridized carbons (Fsp3) is 0.625. The molecular weight excluding hydrogens is 508 g/mol. The number of hydrogen-bond acceptors (Lipinski definition) is 5. The third-order valence-corrected chi connectivity index (χ3v) is 8.75. The van der Waals surface area contributed by atoms with Crippen molar-refractivity contribution in [2.45, 2.75) is 76.1 Å². The number of piperidine rings is 1. The molecule has 0 saturated carbocycles. The first-order valence-electron chi connectivity index (χ1n) is 11.6. The van der Waals surface area contributed by atoms with E-state index >= 15 is 0 Å². The average Bonchev–Trinajstić information content (AvgIpc) is 3.48. The van der Waals surface area contributed by atoms with E-state index in [9.17, 15) is 4.79 Å². The summed E-state index contributed by atoms with van der Waals surface area (Å²) in [5.41, 5.74) is 2.06. The van der Waals surface area contributed by atoms with Gasteiger partial charge in [0.2, 0.25) is 0 Å². The van der Waals surface area contributed by atoms with Crippen LogP contribution in [0.25, 0.3) is 0 Å². The van der Waals surface area contributed by atoms with E-state index in [1.54, 1.807) is 27.6 Å². The molecule has 2 fully saturated rings. The summed E-state index contributed by atoms with van der Waals surface area (Å²) in [5.74, 6) is 0. The number of aliphatic hydroxyl groups is 1. The third kappa shape index (κ3) is 5.95. The Hall–Kier alpha value is -0.930. The van der Waals surface area contributed by atoms with Crippen molar-refractivity contribution in [2.24, 2.45) is 0 Å². The fourth-order valence-electron chi connectivity index (χ4n) is 5.52. The molecule has 2 saturated heterocycles. The highest BCUT2D eigenvalue weighted by Crippen LogP contribution is 2.42. The van der Waals surface area contributed by atoms with E-state index in [-0.39, 0.29) is 29.2 Å². The van der Waals surface area contributed by atoms with Gasteiger partial charge in [0.25, 0.3) is 0 Å². The van der Waals surface area contributed by atoms with Crippen LogP contribution in [0.3, 0.4) is 0 Å². The lowest BCUT2D eigenvalue weighted by Gasteiger charge is -2.47. The molecule has 0 aliphatic carbocycles. The molecule has 4 heterocycles. The zero-order valence-corrected chi connectivity index (χ0v) is 22.0. The van der Waals surface area contributed by atoms with E-state index in [1.165, 1.54) is 32.2 Å². The Morgan fingerprint density at radius 1 is 1.09 bits per heavy atom. The molecule has 0 spiro atoms. The monoisotopic (exact) mass is 542 g/mol. The molecule has 2 aromatic heterocycles. The summed E-state index contributed by atoms with van der Waals surface area (Å²) >= 11 is 3.26. The largest absolute Gasteiger partial charge is 1.00 e. The highest BCUT2D eigenvalue weighted by atomic mass is 79.9. The predicted molar refractivity (Wildman–Crippen MR) is 128 cm³/mol. The number of unbranched alkanes of at least 4 members (excludes halogenated alkanes) is 3. The van der Waals surface area contributed by atoms with Gasteiger partial charge in [-0.25, -0.2) is 4.79 Å². The van der Waals surface area contributed by atoms with Gasteiger partial charge < -0.3 is 31.3 Å². The van der Waals surface area contributed by atoms with Gasteiger partial charge >= 0.3 is 6.09 Å². The Bertz CT molecular complexity index is 801. The summed E-state index contributed by atoms with van der Waals surface area (Å²) in [6.45, 7) is 2.07. The molecule has 0 radical (unpaired) electrons. The Kier molecular flexibility index (Phi) is 9.61. The van der Waals surface area contributed by atoms with Crippen molar-refractivity contribution in [3.05, 3.63) is 39.2 Å². The van der Waals surface area contributed by atoms with Gasteiger partial charge in [-0.15, -0.1) is 0 Å². The first-order chi connectivity index (χ1) is 15.1. The van der Waals surface area contributed by atoms with Gasteiger partial charge in [0.15, 0.2) is 0 Å². The number of aliphatic hydroxyl groups excluding tert-OH is 1. The maximum absolute atomic E-state index is 13.2. The van der Waals surface area contributed by atoms with Crippen LogP contribution >= 0.6 is 22.7 Å². The maximum atomic E-state index is 13.2. The van der Waals surface area contributed by atoms with Crippen LogP contribution in [0.4, 0.5) is 10.5 Å². The normalized spacial score (nSPS) is 26.5. The molecular formula is C24H35BrN2O3S2. The number of hydrogen-bond donors (Lipinski definition) is 1. The minimum atomic E-state index is -0.214. The second-order valence-corrected chi connectivity index (χ2v) is 10.8. The average molecular weight is 544 g/mol. The van der Waals surface area contributed by atoms with Gasteiger partial charge in [0.1, 0.15) is 6.10 Å². The topological polar surface area (TPSA) is 49.8 Å². The summed E-state index contributed by atoms with van der Waals surface area (Å²) in [5, 5.41) is 17.2. The van der Waals surface area contributed by atoms with E-state index in [0.717, 1.165) is 41.4 Å². The van der Waals surface area contributed by atoms with Crippen molar-refractivity contribution < 1.29 is 36.1 Å². The molecule has 2 aromatic rings. The van der Waals surface area contributed by atoms with Gasteiger partial charge in [-0.3, -0.25) is 4.90 Å². The second kappa shape index (κ2) is 12.0. The number of carbonyl (C=O) groups is 1. The summed E-state index contributed by atoms with van der Waals surface area (Å²) in [6, 6.07) is 5.26. The molecule has 8 heteroatoms. The van der Waals surface area contributed by atoms with Gasteiger partial charge in [0.05, 0.1) is 37.9 Å². The third-order valence-electron chi connectivity index (χ3n) is 7.35. The van der Waals surface area contributed by atoms with Gasteiger partial charge in [-0.05, 0) is 53.1 Å². The second-order valence-electron chi connectivity index (χ2n) is 9.27. The lowest BCUT2D eigenvalue weighted by atomic mass is 9.96.